The van der Waals surface area contributed by atoms with Crippen LogP contribution >= 0.6 is 0 Å². The third kappa shape index (κ3) is 6.14. The lowest BCUT2D eigenvalue weighted by molar-refractivity contribution is -0.113. The second kappa shape index (κ2) is 10.5. The van der Waals surface area contributed by atoms with E-state index in [9.17, 15) is 14.4 Å². The minimum absolute atomic E-state index is 0.0709. The van der Waals surface area contributed by atoms with Crippen LogP contribution in [0, 0.1) is 0 Å². The Balaban J connectivity index is 1.84. The molecule has 0 atom stereocenters. The largest absolute Gasteiger partial charge is 0.462 e. The maximum Gasteiger partial charge on any atom is 0.338 e. The molecule has 0 aliphatic rings. The van der Waals surface area contributed by atoms with Gasteiger partial charge in [-0.1, -0.05) is 54.6 Å². The van der Waals surface area contributed by atoms with Gasteiger partial charge in [0.1, 0.15) is 5.70 Å². The van der Waals surface area contributed by atoms with Crippen molar-refractivity contribution in [3.05, 3.63) is 107 Å². The Morgan fingerprint density at radius 1 is 0.839 bits per heavy atom. The van der Waals surface area contributed by atoms with Gasteiger partial charge in [-0.3, -0.25) is 9.59 Å². The molecule has 3 rings (SSSR count). The Hall–Kier alpha value is -4.19. The quantitative estimate of drug-likeness (QED) is 0.447. The molecule has 0 unspecified atom stereocenters. The highest BCUT2D eigenvalue weighted by atomic mass is 16.5. The molecule has 0 aliphatic carbocycles. The zero-order chi connectivity index (χ0) is 22.1. The summed E-state index contributed by atoms with van der Waals surface area (Å²) in [6.45, 7) is 1.98. The summed E-state index contributed by atoms with van der Waals surface area (Å²) in [7, 11) is 0. The predicted octanol–water partition coefficient (Wildman–Crippen LogP) is 4.27. The number of anilines is 1. The molecule has 6 heteroatoms. The molecule has 0 aliphatic heterocycles. The molecule has 0 bridgehead atoms. The number of amides is 2. The molecule has 2 N–H and O–H groups in total. The molecule has 0 spiro atoms. The topological polar surface area (TPSA) is 84.5 Å². The van der Waals surface area contributed by atoms with Gasteiger partial charge < -0.3 is 15.4 Å². The summed E-state index contributed by atoms with van der Waals surface area (Å²) in [6.07, 6.45) is 1.59. The van der Waals surface area contributed by atoms with E-state index in [0.717, 1.165) is 5.56 Å². The Morgan fingerprint density at radius 2 is 1.48 bits per heavy atom. The van der Waals surface area contributed by atoms with Gasteiger partial charge in [-0.25, -0.2) is 4.79 Å². The maximum absolute atomic E-state index is 13.0. The van der Waals surface area contributed by atoms with Gasteiger partial charge in [0.25, 0.3) is 11.8 Å². The van der Waals surface area contributed by atoms with Crippen LogP contribution in [0.2, 0.25) is 0 Å². The first-order valence-corrected chi connectivity index (χ1v) is 9.78. The average Bonchev–Trinajstić information content (AvgIpc) is 2.80. The molecule has 6 nitrogen and oxygen atoms in total. The Morgan fingerprint density at radius 3 is 2.16 bits per heavy atom. The first-order valence-electron chi connectivity index (χ1n) is 9.78. The molecule has 156 valence electrons. The maximum atomic E-state index is 13.0. The van der Waals surface area contributed by atoms with Gasteiger partial charge in [0.2, 0.25) is 0 Å². The smallest absolute Gasteiger partial charge is 0.338 e. The van der Waals surface area contributed by atoms with Crippen molar-refractivity contribution in [1.82, 2.24) is 5.32 Å². The van der Waals surface area contributed by atoms with E-state index in [-0.39, 0.29) is 12.3 Å². The lowest BCUT2D eigenvalue weighted by atomic mass is 10.1. The normalized spacial score (nSPS) is 10.8. The molecule has 3 aromatic rings. The monoisotopic (exact) mass is 414 g/mol. The number of rotatable bonds is 7. The molecule has 0 saturated carbocycles. The van der Waals surface area contributed by atoms with E-state index in [1.807, 2.05) is 30.3 Å². The summed E-state index contributed by atoms with van der Waals surface area (Å²) < 4.78 is 5.00. The number of hydrogen-bond acceptors (Lipinski definition) is 4. The Kier molecular flexibility index (Phi) is 7.32. The number of esters is 1. The van der Waals surface area contributed by atoms with Crippen LogP contribution in [0.3, 0.4) is 0 Å². The second-order valence-corrected chi connectivity index (χ2v) is 6.54. The summed E-state index contributed by atoms with van der Waals surface area (Å²) in [5, 5.41) is 5.40. The molecule has 0 fully saturated rings. The van der Waals surface area contributed by atoms with Crippen LogP contribution in [0.5, 0.6) is 0 Å². The number of carbonyl (C=O) groups is 3. The van der Waals surface area contributed by atoms with E-state index >= 15 is 0 Å². The van der Waals surface area contributed by atoms with Crippen LogP contribution in [0.15, 0.2) is 90.6 Å². The van der Waals surface area contributed by atoms with E-state index in [4.69, 9.17) is 4.74 Å². The zero-order valence-electron chi connectivity index (χ0n) is 17.0. The Bertz CT molecular complexity index is 1090. The molecule has 3 aromatic carbocycles. The molecule has 0 aromatic heterocycles. The Labute approximate surface area is 180 Å². The summed E-state index contributed by atoms with van der Waals surface area (Å²) in [6, 6.07) is 24.2. The molecular formula is C25H22N2O4. The van der Waals surface area contributed by atoms with E-state index in [1.54, 1.807) is 61.5 Å². The van der Waals surface area contributed by atoms with Crippen molar-refractivity contribution in [2.75, 3.05) is 11.9 Å². The van der Waals surface area contributed by atoms with Crippen LogP contribution in [-0.2, 0) is 9.53 Å². The van der Waals surface area contributed by atoms with E-state index < -0.39 is 17.8 Å². The van der Waals surface area contributed by atoms with Crippen molar-refractivity contribution >= 4 is 29.5 Å². The highest BCUT2D eigenvalue weighted by molar-refractivity contribution is 6.11. The lowest BCUT2D eigenvalue weighted by Gasteiger charge is -2.12. The second-order valence-electron chi connectivity index (χ2n) is 6.54. The minimum atomic E-state index is -0.519. The van der Waals surface area contributed by atoms with Crippen molar-refractivity contribution in [2.45, 2.75) is 6.92 Å². The van der Waals surface area contributed by atoms with Crippen LogP contribution in [0.4, 0.5) is 5.69 Å². The fourth-order valence-electron chi connectivity index (χ4n) is 2.80. The van der Waals surface area contributed by atoms with Crippen LogP contribution in [0.25, 0.3) is 6.08 Å². The van der Waals surface area contributed by atoms with Crippen LogP contribution in [0.1, 0.15) is 33.2 Å². The highest BCUT2D eigenvalue weighted by Gasteiger charge is 2.16. The zero-order valence-corrected chi connectivity index (χ0v) is 17.0. The molecule has 0 heterocycles. The molecule has 31 heavy (non-hydrogen) atoms. The van der Waals surface area contributed by atoms with Gasteiger partial charge in [-0.05, 0) is 48.9 Å². The molecule has 2 amide bonds. The number of carbonyl (C=O) groups excluding carboxylic acids is 3. The van der Waals surface area contributed by atoms with Gasteiger partial charge in [-0.15, -0.1) is 0 Å². The van der Waals surface area contributed by atoms with Crippen molar-refractivity contribution in [3.8, 4) is 0 Å². The number of nitrogens with one attached hydrogen (secondary N) is 2. The summed E-state index contributed by atoms with van der Waals surface area (Å²) >= 11 is 0. The molecule has 0 saturated heterocycles. The highest BCUT2D eigenvalue weighted by Crippen LogP contribution is 2.14. The standard InChI is InChI=1S/C25H22N2O4/c1-2-31-25(30)20-14-9-15-21(17-20)26-24(29)22(16-18-10-5-3-6-11-18)27-23(28)19-12-7-4-8-13-19/h3-17H,2H2,1H3,(H,26,29)(H,27,28)/b22-16-. The van der Waals surface area contributed by atoms with Gasteiger partial charge >= 0.3 is 5.97 Å². The van der Waals surface area contributed by atoms with Gasteiger partial charge in [0, 0.05) is 11.3 Å². The van der Waals surface area contributed by atoms with Crippen molar-refractivity contribution < 1.29 is 19.1 Å². The van der Waals surface area contributed by atoms with Gasteiger partial charge in [-0.2, -0.15) is 0 Å². The molecule has 0 radical (unpaired) electrons. The SMILES string of the molecule is CCOC(=O)c1cccc(NC(=O)/C(=C/c2ccccc2)NC(=O)c2ccccc2)c1. The van der Waals surface area contributed by atoms with Crippen molar-refractivity contribution in [3.63, 3.8) is 0 Å². The van der Waals surface area contributed by atoms with E-state index in [2.05, 4.69) is 10.6 Å². The summed E-state index contributed by atoms with van der Waals surface area (Å²) in [4.78, 5) is 37.6. The van der Waals surface area contributed by atoms with Gasteiger partial charge in [0.15, 0.2) is 0 Å². The third-order valence-electron chi connectivity index (χ3n) is 4.27. The van der Waals surface area contributed by atoms with Crippen molar-refractivity contribution in [2.24, 2.45) is 0 Å². The van der Waals surface area contributed by atoms with E-state index in [1.165, 1.54) is 6.07 Å². The first kappa shape index (κ1) is 21.5. The average molecular weight is 414 g/mol. The number of ether oxygens (including phenoxy) is 1. The summed E-state index contributed by atoms with van der Waals surface area (Å²) in [5.41, 5.74) is 1.98. The fraction of sp³-hybridized carbons (Fsp3) is 0.0800. The first-order chi connectivity index (χ1) is 15.1. The minimum Gasteiger partial charge on any atom is -0.462 e. The fourth-order valence-corrected chi connectivity index (χ4v) is 2.80. The van der Waals surface area contributed by atoms with Crippen LogP contribution in [-0.4, -0.2) is 24.4 Å². The van der Waals surface area contributed by atoms with Crippen LogP contribution < -0.4 is 10.6 Å². The van der Waals surface area contributed by atoms with Crippen molar-refractivity contribution in [1.29, 1.82) is 0 Å². The third-order valence-corrected chi connectivity index (χ3v) is 4.27. The molecular weight excluding hydrogens is 392 g/mol. The van der Waals surface area contributed by atoms with E-state index in [0.29, 0.717) is 16.8 Å². The summed E-state index contributed by atoms with van der Waals surface area (Å²) in [5.74, 6) is -1.40. The number of hydrogen-bond donors (Lipinski definition) is 2. The lowest BCUT2D eigenvalue weighted by Crippen LogP contribution is -2.30. The number of benzene rings is 3. The predicted molar refractivity (Wildman–Crippen MR) is 119 cm³/mol. The van der Waals surface area contributed by atoms with Gasteiger partial charge in [0.05, 0.1) is 12.2 Å².